The molecule has 1 unspecified atom stereocenters. The third kappa shape index (κ3) is 2.09. The number of piperidine rings is 1. The second kappa shape index (κ2) is 4.65. The molecular formula is C11H18N4O. The number of aromatic amines is 1. The zero-order chi connectivity index (χ0) is 11.4. The molecule has 16 heavy (non-hydrogen) atoms. The summed E-state index contributed by atoms with van der Waals surface area (Å²) in [7, 11) is 0. The Labute approximate surface area is 95.0 Å². The number of aromatic nitrogens is 2. The molecule has 88 valence electrons. The molecule has 0 bridgehead atoms. The van der Waals surface area contributed by atoms with E-state index in [0.29, 0.717) is 5.95 Å². The standard InChI is InChI=1S/C11H18N4O/c1-2-11(4-3-5-12-8-11)9(16)15-10-13-6-7-14-10/h6-7,12H,2-5,8H2,1H3,(H2,13,14,15,16). The van der Waals surface area contributed by atoms with Crippen LogP contribution in [-0.2, 0) is 4.79 Å². The van der Waals surface area contributed by atoms with Crippen LogP contribution in [0.5, 0.6) is 0 Å². The molecule has 1 aromatic heterocycles. The van der Waals surface area contributed by atoms with Gasteiger partial charge in [-0.2, -0.15) is 0 Å². The van der Waals surface area contributed by atoms with Gasteiger partial charge in [0, 0.05) is 18.9 Å². The third-order valence-corrected chi connectivity index (χ3v) is 3.36. The molecular weight excluding hydrogens is 204 g/mol. The number of carbonyl (C=O) groups is 1. The predicted octanol–water partition coefficient (Wildman–Crippen LogP) is 1.13. The van der Waals surface area contributed by atoms with Crippen LogP contribution in [-0.4, -0.2) is 29.0 Å². The minimum absolute atomic E-state index is 0.0668. The SMILES string of the molecule is CCC1(C(=O)Nc2ncc[nH]2)CCCNC1. The first kappa shape index (κ1) is 11.1. The van der Waals surface area contributed by atoms with Gasteiger partial charge in [-0.3, -0.25) is 10.1 Å². The fourth-order valence-electron chi connectivity index (χ4n) is 2.20. The maximum atomic E-state index is 12.2. The molecule has 1 atom stereocenters. The van der Waals surface area contributed by atoms with Crippen LogP contribution in [0.1, 0.15) is 26.2 Å². The Morgan fingerprint density at radius 1 is 1.69 bits per heavy atom. The van der Waals surface area contributed by atoms with E-state index in [1.54, 1.807) is 12.4 Å². The van der Waals surface area contributed by atoms with E-state index in [1.165, 1.54) is 0 Å². The number of amides is 1. The Hall–Kier alpha value is -1.36. The van der Waals surface area contributed by atoms with Gasteiger partial charge in [0.25, 0.3) is 0 Å². The van der Waals surface area contributed by atoms with Gasteiger partial charge in [0.1, 0.15) is 0 Å². The van der Waals surface area contributed by atoms with Crippen molar-refractivity contribution < 1.29 is 4.79 Å². The fourth-order valence-corrected chi connectivity index (χ4v) is 2.20. The molecule has 0 aromatic carbocycles. The number of anilines is 1. The van der Waals surface area contributed by atoms with E-state index in [-0.39, 0.29) is 11.3 Å². The van der Waals surface area contributed by atoms with Crippen molar-refractivity contribution in [3.8, 4) is 0 Å². The molecule has 0 aliphatic carbocycles. The van der Waals surface area contributed by atoms with Crippen molar-refractivity contribution in [1.29, 1.82) is 0 Å². The summed E-state index contributed by atoms with van der Waals surface area (Å²) >= 11 is 0. The van der Waals surface area contributed by atoms with Crippen LogP contribution >= 0.6 is 0 Å². The topological polar surface area (TPSA) is 69.8 Å². The monoisotopic (exact) mass is 222 g/mol. The molecule has 2 heterocycles. The molecule has 5 nitrogen and oxygen atoms in total. The Morgan fingerprint density at radius 3 is 3.12 bits per heavy atom. The average molecular weight is 222 g/mol. The van der Waals surface area contributed by atoms with Crippen molar-refractivity contribution in [2.24, 2.45) is 5.41 Å². The number of carbonyl (C=O) groups excluding carboxylic acids is 1. The Balaban J connectivity index is 2.06. The summed E-state index contributed by atoms with van der Waals surface area (Å²) in [5.41, 5.74) is -0.273. The number of rotatable bonds is 3. The quantitative estimate of drug-likeness (QED) is 0.718. The van der Waals surface area contributed by atoms with Crippen molar-refractivity contribution in [2.45, 2.75) is 26.2 Å². The van der Waals surface area contributed by atoms with Crippen LogP contribution in [0.2, 0.25) is 0 Å². The molecule has 0 saturated carbocycles. The van der Waals surface area contributed by atoms with E-state index in [4.69, 9.17) is 0 Å². The van der Waals surface area contributed by atoms with Gasteiger partial charge < -0.3 is 10.3 Å². The second-order valence-corrected chi connectivity index (χ2v) is 4.31. The van der Waals surface area contributed by atoms with Crippen molar-refractivity contribution in [3.63, 3.8) is 0 Å². The van der Waals surface area contributed by atoms with Crippen LogP contribution < -0.4 is 10.6 Å². The van der Waals surface area contributed by atoms with Crippen molar-refractivity contribution in [2.75, 3.05) is 18.4 Å². The summed E-state index contributed by atoms with van der Waals surface area (Å²) in [6.07, 6.45) is 6.19. The fraction of sp³-hybridized carbons (Fsp3) is 0.636. The van der Waals surface area contributed by atoms with Gasteiger partial charge in [-0.25, -0.2) is 4.98 Å². The van der Waals surface area contributed by atoms with Crippen molar-refractivity contribution in [3.05, 3.63) is 12.4 Å². The normalized spacial score (nSPS) is 25.3. The van der Waals surface area contributed by atoms with Gasteiger partial charge in [-0.05, 0) is 25.8 Å². The van der Waals surface area contributed by atoms with Crippen LogP contribution in [0.15, 0.2) is 12.4 Å². The van der Waals surface area contributed by atoms with Crippen molar-refractivity contribution >= 4 is 11.9 Å². The number of imidazole rings is 1. The number of hydrogen-bond donors (Lipinski definition) is 3. The molecule has 1 amide bonds. The number of nitrogens with one attached hydrogen (secondary N) is 3. The van der Waals surface area contributed by atoms with Gasteiger partial charge in [-0.15, -0.1) is 0 Å². The highest BCUT2D eigenvalue weighted by atomic mass is 16.2. The Bertz CT molecular complexity index is 341. The summed E-state index contributed by atoms with van der Waals surface area (Å²) in [6, 6.07) is 0. The average Bonchev–Trinajstić information content (AvgIpc) is 2.82. The number of nitrogens with zero attached hydrogens (tertiary/aromatic N) is 1. The van der Waals surface area contributed by atoms with E-state index >= 15 is 0 Å². The minimum atomic E-state index is -0.273. The zero-order valence-corrected chi connectivity index (χ0v) is 9.55. The van der Waals surface area contributed by atoms with E-state index in [0.717, 1.165) is 32.4 Å². The largest absolute Gasteiger partial charge is 0.331 e. The highest BCUT2D eigenvalue weighted by molar-refractivity contribution is 5.94. The molecule has 2 rings (SSSR count). The van der Waals surface area contributed by atoms with E-state index in [9.17, 15) is 4.79 Å². The summed E-state index contributed by atoms with van der Waals surface area (Å²) in [5.74, 6) is 0.598. The third-order valence-electron chi connectivity index (χ3n) is 3.36. The molecule has 5 heteroatoms. The highest BCUT2D eigenvalue weighted by Gasteiger charge is 2.38. The summed E-state index contributed by atoms with van der Waals surface area (Å²) in [6.45, 7) is 3.83. The van der Waals surface area contributed by atoms with Crippen molar-refractivity contribution in [1.82, 2.24) is 15.3 Å². The van der Waals surface area contributed by atoms with Crippen LogP contribution in [0, 0.1) is 5.41 Å². The minimum Gasteiger partial charge on any atom is -0.331 e. The van der Waals surface area contributed by atoms with Gasteiger partial charge in [-0.1, -0.05) is 6.92 Å². The summed E-state index contributed by atoms with van der Waals surface area (Å²) < 4.78 is 0. The van der Waals surface area contributed by atoms with Gasteiger partial charge >= 0.3 is 0 Å². The lowest BCUT2D eigenvalue weighted by Gasteiger charge is -2.35. The summed E-state index contributed by atoms with van der Waals surface area (Å²) in [5, 5.41) is 6.13. The molecule has 0 spiro atoms. The van der Waals surface area contributed by atoms with Gasteiger partial charge in [0.15, 0.2) is 0 Å². The molecule has 3 N–H and O–H groups in total. The predicted molar refractivity (Wildman–Crippen MR) is 62.0 cm³/mol. The molecule has 0 radical (unpaired) electrons. The molecule has 1 aliphatic heterocycles. The first-order valence-corrected chi connectivity index (χ1v) is 5.78. The zero-order valence-electron chi connectivity index (χ0n) is 9.55. The number of H-pyrrole nitrogens is 1. The van der Waals surface area contributed by atoms with Gasteiger partial charge in [0.2, 0.25) is 11.9 Å². The Morgan fingerprint density at radius 2 is 2.56 bits per heavy atom. The molecule has 1 aromatic rings. The van der Waals surface area contributed by atoms with Crippen LogP contribution in [0.25, 0.3) is 0 Å². The number of hydrogen-bond acceptors (Lipinski definition) is 3. The first-order valence-electron chi connectivity index (χ1n) is 5.78. The van der Waals surface area contributed by atoms with Crippen LogP contribution in [0.3, 0.4) is 0 Å². The van der Waals surface area contributed by atoms with E-state index < -0.39 is 0 Å². The molecule has 1 aliphatic rings. The van der Waals surface area contributed by atoms with E-state index in [1.807, 2.05) is 0 Å². The maximum absolute atomic E-state index is 12.2. The summed E-state index contributed by atoms with van der Waals surface area (Å²) in [4.78, 5) is 19.1. The van der Waals surface area contributed by atoms with Gasteiger partial charge in [0.05, 0.1) is 5.41 Å². The smallest absolute Gasteiger partial charge is 0.234 e. The van der Waals surface area contributed by atoms with E-state index in [2.05, 4.69) is 27.5 Å². The molecule has 1 fully saturated rings. The first-order chi connectivity index (χ1) is 7.77. The lowest BCUT2D eigenvalue weighted by molar-refractivity contribution is -0.126. The maximum Gasteiger partial charge on any atom is 0.234 e. The second-order valence-electron chi connectivity index (χ2n) is 4.31. The lowest BCUT2D eigenvalue weighted by atomic mass is 9.77. The highest BCUT2D eigenvalue weighted by Crippen LogP contribution is 2.31. The van der Waals surface area contributed by atoms with Crippen LogP contribution in [0.4, 0.5) is 5.95 Å². The molecule has 1 saturated heterocycles. The Kier molecular flexibility index (Phi) is 3.24. The lowest BCUT2D eigenvalue weighted by Crippen LogP contribution is -2.47.